The molecule has 0 aliphatic heterocycles. The SMILES string of the molecule is CCC(C)(C)C(C)CN(C)CCCC(C)(C)C. The number of hydrogen-bond donors (Lipinski definition) is 0. The lowest BCUT2D eigenvalue weighted by atomic mass is 9.77. The van der Waals surface area contributed by atoms with E-state index in [4.69, 9.17) is 0 Å². The average molecular weight is 241 g/mol. The van der Waals surface area contributed by atoms with Crippen molar-refractivity contribution in [3.63, 3.8) is 0 Å². The summed E-state index contributed by atoms with van der Waals surface area (Å²) in [5.74, 6) is 0.770. The molecular formula is C16H35N. The molecule has 1 unspecified atom stereocenters. The van der Waals surface area contributed by atoms with Gasteiger partial charge < -0.3 is 4.90 Å². The van der Waals surface area contributed by atoms with Crippen molar-refractivity contribution in [2.75, 3.05) is 20.1 Å². The zero-order chi connectivity index (χ0) is 13.7. The predicted molar refractivity (Wildman–Crippen MR) is 79.4 cm³/mol. The molecule has 0 heterocycles. The highest BCUT2D eigenvalue weighted by Gasteiger charge is 2.24. The molecule has 0 saturated carbocycles. The van der Waals surface area contributed by atoms with Gasteiger partial charge in [-0.15, -0.1) is 0 Å². The largest absolute Gasteiger partial charge is 0.306 e. The molecule has 0 radical (unpaired) electrons. The molecule has 1 atom stereocenters. The van der Waals surface area contributed by atoms with Crippen molar-refractivity contribution < 1.29 is 0 Å². The second-order valence-electron chi connectivity index (χ2n) is 7.67. The van der Waals surface area contributed by atoms with Crippen LogP contribution in [0, 0.1) is 16.7 Å². The van der Waals surface area contributed by atoms with Crippen LogP contribution in [0.15, 0.2) is 0 Å². The Kier molecular flexibility index (Phi) is 6.76. The molecule has 0 N–H and O–H groups in total. The summed E-state index contributed by atoms with van der Waals surface area (Å²) in [6.45, 7) is 18.9. The Labute approximate surface area is 110 Å². The first-order valence-electron chi connectivity index (χ1n) is 7.27. The van der Waals surface area contributed by atoms with Gasteiger partial charge in [-0.2, -0.15) is 0 Å². The Morgan fingerprint density at radius 2 is 1.59 bits per heavy atom. The topological polar surface area (TPSA) is 3.24 Å². The molecule has 0 rings (SSSR count). The molecule has 1 heteroatoms. The molecule has 1 nitrogen and oxygen atoms in total. The van der Waals surface area contributed by atoms with Gasteiger partial charge in [0, 0.05) is 6.54 Å². The summed E-state index contributed by atoms with van der Waals surface area (Å²) in [7, 11) is 2.27. The zero-order valence-corrected chi connectivity index (χ0v) is 13.6. The quantitative estimate of drug-likeness (QED) is 0.618. The molecule has 0 spiro atoms. The average Bonchev–Trinajstić information content (AvgIpc) is 2.15. The van der Waals surface area contributed by atoms with Gasteiger partial charge >= 0.3 is 0 Å². The van der Waals surface area contributed by atoms with Crippen LogP contribution in [0.25, 0.3) is 0 Å². The van der Waals surface area contributed by atoms with Crippen LogP contribution in [0.4, 0.5) is 0 Å². The predicted octanol–water partition coefficient (Wildman–Crippen LogP) is 4.82. The van der Waals surface area contributed by atoms with Crippen LogP contribution in [0.1, 0.15) is 67.7 Å². The summed E-state index contributed by atoms with van der Waals surface area (Å²) >= 11 is 0. The van der Waals surface area contributed by atoms with Crippen molar-refractivity contribution in [2.24, 2.45) is 16.7 Å². The van der Waals surface area contributed by atoms with Crippen LogP contribution in [0.3, 0.4) is 0 Å². The van der Waals surface area contributed by atoms with E-state index in [9.17, 15) is 0 Å². The van der Waals surface area contributed by atoms with Crippen LogP contribution < -0.4 is 0 Å². The van der Waals surface area contributed by atoms with Gasteiger partial charge in [-0.1, -0.05) is 54.9 Å². The molecule has 0 aliphatic carbocycles. The van der Waals surface area contributed by atoms with Gasteiger partial charge in [0.15, 0.2) is 0 Å². The Bertz CT molecular complexity index is 200. The van der Waals surface area contributed by atoms with Gasteiger partial charge in [-0.3, -0.25) is 0 Å². The minimum atomic E-state index is 0.471. The van der Waals surface area contributed by atoms with Gasteiger partial charge in [0.25, 0.3) is 0 Å². The van der Waals surface area contributed by atoms with Crippen LogP contribution in [0.2, 0.25) is 0 Å². The van der Waals surface area contributed by atoms with Gasteiger partial charge in [0.2, 0.25) is 0 Å². The van der Waals surface area contributed by atoms with Crippen LogP contribution in [-0.4, -0.2) is 25.0 Å². The standard InChI is InChI=1S/C16H35N/c1-9-16(6,7)14(2)13-17(8)12-10-11-15(3,4)5/h14H,9-13H2,1-8H3. The highest BCUT2D eigenvalue weighted by molar-refractivity contribution is 4.76. The first-order chi connectivity index (χ1) is 7.58. The summed E-state index contributed by atoms with van der Waals surface area (Å²) in [5, 5.41) is 0. The van der Waals surface area contributed by atoms with Crippen molar-refractivity contribution in [1.29, 1.82) is 0 Å². The summed E-state index contributed by atoms with van der Waals surface area (Å²) < 4.78 is 0. The van der Waals surface area contributed by atoms with E-state index in [-0.39, 0.29) is 0 Å². The van der Waals surface area contributed by atoms with E-state index in [0.29, 0.717) is 10.8 Å². The minimum Gasteiger partial charge on any atom is -0.306 e. The maximum atomic E-state index is 2.51. The molecule has 0 aliphatic rings. The number of rotatable bonds is 7. The second kappa shape index (κ2) is 6.78. The van der Waals surface area contributed by atoms with Gasteiger partial charge in [0.05, 0.1) is 0 Å². The smallest absolute Gasteiger partial charge is 0.000906 e. The van der Waals surface area contributed by atoms with E-state index in [1.807, 2.05) is 0 Å². The Balaban J connectivity index is 3.90. The fourth-order valence-electron chi connectivity index (χ4n) is 2.03. The molecule has 0 aromatic rings. The first-order valence-corrected chi connectivity index (χ1v) is 7.27. The van der Waals surface area contributed by atoms with E-state index in [1.165, 1.54) is 32.4 Å². The van der Waals surface area contributed by atoms with Gasteiger partial charge in [-0.25, -0.2) is 0 Å². The van der Waals surface area contributed by atoms with Crippen LogP contribution in [0.5, 0.6) is 0 Å². The number of hydrogen-bond acceptors (Lipinski definition) is 1. The van der Waals surface area contributed by atoms with Crippen molar-refractivity contribution in [3.05, 3.63) is 0 Å². The van der Waals surface area contributed by atoms with Crippen LogP contribution >= 0.6 is 0 Å². The van der Waals surface area contributed by atoms with E-state index in [0.717, 1.165) is 5.92 Å². The fraction of sp³-hybridized carbons (Fsp3) is 1.00. The minimum absolute atomic E-state index is 0.471. The number of nitrogens with zero attached hydrogens (tertiary/aromatic N) is 1. The summed E-state index contributed by atoms with van der Waals surface area (Å²) in [4.78, 5) is 2.51. The maximum Gasteiger partial charge on any atom is 0.000906 e. The fourth-order valence-corrected chi connectivity index (χ4v) is 2.03. The molecule has 0 fully saturated rings. The molecule has 0 aromatic heterocycles. The Morgan fingerprint density at radius 1 is 1.06 bits per heavy atom. The zero-order valence-electron chi connectivity index (χ0n) is 13.6. The molecule has 104 valence electrons. The third-order valence-corrected chi connectivity index (χ3v) is 4.30. The van der Waals surface area contributed by atoms with Crippen molar-refractivity contribution >= 4 is 0 Å². The molecule has 0 amide bonds. The van der Waals surface area contributed by atoms with E-state index >= 15 is 0 Å². The lowest BCUT2D eigenvalue weighted by Gasteiger charge is -2.34. The third-order valence-electron chi connectivity index (χ3n) is 4.30. The van der Waals surface area contributed by atoms with Crippen LogP contribution in [-0.2, 0) is 0 Å². The summed E-state index contributed by atoms with van der Waals surface area (Å²) in [5.41, 5.74) is 0.952. The molecule has 0 bridgehead atoms. The van der Waals surface area contributed by atoms with Gasteiger partial charge in [-0.05, 0) is 43.2 Å². The molecule has 17 heavy (non-hydrogen) atoms. The molecule has 0 aromatic carbocycles. The Morgan fingerprint density at radius 3 is 2.00 bits per heavy atom. The second-order valence-corrected chi connectivity index (χ2v) is 7.67. The molecule has 0 saturated heterocycles. The van der Waals surface area contributed by atoms with Crippen molar-refractivity contribution in [3.8, 4) is 0 Å². The Hall–Kier alpha value is -0.0400. The monoisotopic (exact) mass is 241 g/mol. The highest BCUT2D eigenvalue weighted by atomic mass is 15.1. The molecular weight excluding hydrogens is 206 g/mol. The van der Waals surface area contributed by atoms with Crippen molar-refractivity contribution in [2.45, 2.75) is 67.7 Å². The first kappa shape index (κ1) is 17.0. The normalized spacial score (nSPS) is 15.4. The van der Waals surface area contributed by atoms with Crippen molar-refractivity contribution in [1.82, 2.24) is 4.90 Å². The lowest BCUT2D eigenvalue weighted by Crippen LogP contribution is -2.33. The van der Waals surface area contributed by atoms with E-state index in [1.54, 1.807) is 0 Å². The van der Waals surface area contributed by atoms with Gasteiger partial charge in [0.1, 0.15) is 0 Å². The summed E-state index contributed by atoms with van der Waals surface area (Å²) in [6, 6.07) is 0. The van der Waals surface area contributed by atoms with E-state index in [2.05, 4.69) is 60.4 Å². The maximum absolute atomic E-state index is 2.51. The highest BCUT2D eigenvalue weighted by Crippen LogP contribution is 2.30. The lowest BCUT2D eigenvalue weighted by molar-refractivity contribution is 0.156. The summed E-state index contributed by atoms with van der Waals surface area (Å²) in [6.07, 6.45) is 3.91. The third kappa shape index (κ3) is 7.81. The van der Waals surface area contributed by atoms with E-state index < -0.39 is 0 Å².